The summed E-state index contributed by atoms with van der Waals surface area (Å²) in [6.07, 6.45) is 5.36. The van der Waals surface area contributed by atoms with Gasteiger partial charge < -0.3 is 4.52 Å². The van der Waals surface area contributed by atoms with Crippen LogP contribution in [0.4, 0.5) is 0 Å². The average molecular weight is 252 g/mol. The first kappa shape index (κ1) is 15.2. The number of aromatic nitrogens is 2. The van der Waals surface area contributed by atoms with Gasteiger partial charge in [0.1, 0.15) is 0 Å². The highest BCUT2D eigenvalue weighted by atomic mass is 16.5. The first-order valence-electron chi connectivity index (χ1n) is 7.30. The first-order chi connectivity index (χ1) is 8.45. The summed E-state index contributed by atoms with van der Waals surface area (Å²) in [7, 11) is 0. The smallest absolute Gasteiger partial charge is 0.232 e. The highest BCUT2D eigenvalue weighted by molar-refractivity contribution is 5.09. The fourth-order valence-electron chi connectivity index (χ4n) is 2.27. The van der Waals surface area contributed by atoms with E-state index in [1.807, 2.05) is 0 Å². The summed E-state index contributed by atoms with van der Waals surface area (Å²) in [5, 5.41) is 4.24. The molecule has 0 saturated carbocycles. The van der Waals surface area contributed by atoms with Gasteiger partial charge in [0, 0.05) is 10.8 Å². The maximum absolute atomic E-state index is 5.56. The van der Waals surface area contributed by atoms with Crippen LogP contribution in [-0.4, -0.2) is 10.1 Å². The molecule has 1 unspecified atom stereocenters. The zero-order valence-corrected chi connectivity index (χ0v) is 12.8. The topological polar surface area (TPSA) is 38.9 Å². The normalized spacial score (nSPS) is 15.7. The van der Waals surface area contributed by atoms with Crippen molar-refractivity contribution in [2.24, 2.45) is 0 Å². The summed E-state index contributed by atoms with van der Waals surface area (Å²) in [6, 6.07) is 0. The summed E-state index contributed by atoms with van der Waals surface area (Å²) in [6.45, 7) is 13.2. The van der Waals surface area contributed by atoms with Crippen molar-refractivity contribution < 1.29 is 4.52 Å². The summed E-state index contributed by atoms with van der Waals surface area (Å²) in [4.78, 5) is 4.71. The maximum Gasteiger partial charge on any atom is 0.232 e. The van der Waals surface area contributed by atoms with Gasteiger partial charge in [-0.1, -0.05) is 53.1 Å². The van der Waals surface area contributed by atoms with Crippen LogP contribution in [0.15, 0.2) is 4.52 Å². The predicted octanol–water partition coefficient (Wildman–Crippen LogP) is 4.62. The van der Waals surface area contributed by atoms with Crippen molar-refractivity contribution in [1.29, 1.82) is 0 Å². The average Bonchev–Trinajstić information content (AvgIpc) is 2.88. The Kier molecular flexibility index (Phi) is 4.94. The predicted molar refractivity (Wildman–Crippen MR) is 74.8 cm³/mol. The Labute approximate surface area is 111 Å². The Morgan fingerprint density at radius 3 is 1.94 bits per heavy atom. The molecule has 0 spiro atoms. The molecule has 0 radical (unpaired) electrons. The summed E-state index contributed by atoms with van der Waals surface area (Å²) in [5.74, 6) is 1.69. The summed E-state index contributed by atoms with van der Waals surface area (Å²) >= 11 is 0. The SMILES string of the molecule is CCCC(C)(CC)c1nc(C(C)(CC)CC)no1. The molecule has 1 rings (SSSR count). The van der Waals surface area contributed by atoms with Crippen LogP contribution >= 0.6 is 0 Å². The molecule has 1 heterocycles. The lowest BCUT2D eigenvalue weighted by atomic mass is 9.82. The van der Waals surface area contributed by atoms with Crippen molar-refractivity contribution in [3.05, 3.63) is 11.7 Å². The van der Waals surface area contributed by atoms with Gasteiger partial charge in [0.2, 0.25) is 5.89 Å². The van der Waals surface area contributed by atoms with E-state index in [2.05, 4.69) is 46.7 Å². The number of rotatable bonds is 7. The minimum atomic E-state index is 0.0302. The van der Waals surface area contributed by atoms with Gasteiger partial charge in [0.25, 0.3) is 0 Å². The van der Waals surface area contributed by atoms with E-state index in [9.17, 15) is 0 Å². The fraction of sp³-hybridized carbons (Fsp3) is 0.867. The van der Waals surface area contributed by atoms with Crippen LogP contribution in [-0.2, 0) is 10.8 Å². The van der Waals surface area contributed by atoms with Gasteiger partial charge in [-0.3, -0.25) is 0 Å². The zero-order valence-electron chi connectivity index (χ0n) is 12.8. The van der Waals surface area contributed by atoms with Crippen LogP contribution in [0.3, 0.4) is 0 Å². The Morgan fingerprint density at radius 2 is 1.50 bits per heavy atom. The molecule has 0 aliphatic carbocycles. The van der Waals surface area contributed by atoms with Gasteiger partial charge in [-0.2, -0.15) is 4.98 Å². The van der Waals surface area contributed by atoms with E-state index in [1.165, 1.54) is 0 Å². The highest BCUT2D eigenvalue weighted by Gasteiger charge is 2.34. The molecule has 0 aromatic carbocycles. The van der Waals surface area contributed by atoms with E-state index in [0.29, 0.717) is 0 Å². The highest BCUT2D eigenvalue weighted by Crippen LogP contribution is 2.34. The number of hydrogen-bond donors (Lipinski definition) is 0. The molecular formula is C15H28N2O. The Bertz CT molecular complexity index is 368. The van der Waals surface area contributed by atoms with Crippen molar-refractivity contribution in [3.8, 4) is 0 Å². The first-order valence-corrected chi connectivity index (χ1v) is 7.30. The third-order valence-corrected chi connectivity index (χ3v) is 4.62. The molecule has 0 amide bonds. The Morgan fingerprint density at radius 1 is 0.944 bits per heavy atom. The molecule has 1 aromatic heterocycles. The fourth-order valence-corrected chi connectivity index (χ4v) is 2.27. The van der Waals surface area contributed by atoms with Crippen LogP contribution in [0, 0.1) is 0 Å². The van der Waals surface area contributed by atoms with E-state index in [4.69, 9.17) is 9.51 Å². The molecule has 18 heavy (non-hydrogen) atoms. The third-order valence-electron chi connectivity index (χ3n) is 4.62. The van der Waals surface area contributed by atoms with Crippen LogP contribution < -0.4 is 0 Å². The Balaban J connectivity index is 3.05. The largest absolute Gasteiger partial charge is 0.339 e. The minimum Gasteiger partial charge on any atom is -0.339 e. The molecule has 0 aliphatic heterocycles. The van der Waals surface area contributed by atoms with Crippen molar-refractivity contribution >= 4 is 0 Å². The molecule has 3 heteroatoms. The van der Waals surface area contributed by atoms with E-state index < -0.39 is 0 Å². The van der Waals surface area contributed by atoms with E-state index in [1.54, 1.807) is 0 Å². The maximum atomic E-state index is 5.56. The van der Waals surface area contributed by atoms with E-state index in [-0.39, 0.29) is 10.8 Å². The molecule has 0 saturated heterocycles. The lowest BCUT2D eigenvalue weighted by Gasteiger charge is -2.24. The summed E-state index contributed by atoms with van der Waals surface area (Å²) in [5.41, 5.74) is 0.0744. The lowest BCUT2D eigenvalue weighted by molar-refractivity contribution is 0.267. The Hall–Kier alpha value is -0.860. The van der Waals surface area contributed by atoms with Crippen molar-refractivity contribution in [2.75, 3.05) is 0 Å². The van der Waals surface area contributed by atoms with E-state index >= 15 is 0 Å². The second kappa shape index (κ2) is 5.85. The zero-order chi connectivity index (χ0) is 13.8. The minimum absolute atomic E-state index is 0.0302. The van der Waals surface area contributed by atoms with E-state index in [0.717, 1.165) is 43.8 Å². The van der Waals surface area contributed by atoms with Crippen molar-refractivity contribution in [1.82, 2.24) is 10.1 Å². The molecule has 0 bridgehead atoms. The van der Waals surface area contributed by atoms with Gasteiger partial charge in [0.05, 0.1) is 0 Å². The summed E-state index contributed by atoms with van der Waals surface area (Å²) < 4.78 is 5.56. The molecule has 3 nitrogen and oxygen atoms in total. The standard InChI is InChI=1S/C15H28N2O/c1-7-11-15(6,10-4)13-16-12(17-18-13)14(5,8-2)9-3/h7-11H2,1-6H3. The van der Waals surface area contributed by atoms with Crippen LogP contribution in [0.25, 0.3) is 0 Å². The van der Waals surface area contributed by atoms with Crippen LogP contribution in [0.5, 0.6) is 0 Å². The van der Waals surface area contributed by atoms with Gasteiger partial charge in [-0.05, 0) is 25.7 Å². The number of nitrogens with zero attached hydrogens (tertiary/aromatic N) is 2. The lowest BCUT2D eigenvalue weighted by Crippen LogP contribution is -2.24. The van der Waals surface area contributed by atoms with Crippen LogP contribution in [0.1, 0.15) is 85.4 Å². The molecule has 0 aliphatic rings. The van der Waals surface area contributed by atoms with Gasteiger partial charge >= 0.3 is 0 Å². The molecule has 104 valence electrons. The van der Waals surface area contributed by atoms with Crippen LogP contribution in [0.2, 0.25) is 0 Å². The second-order valence-electron chi connectivity index (χ2n) is 5.86. The van der Waals surface area contributed by atoms with Crippen molar-refractivity contribution in [2.45, 2.75) is 84.5 Å². The molecule has 1 atom stereocenters. The molecule has 0 fully saturated rings. The van der Waals surface area contributed by atoms with Crippen molar-refractivity contribution in [3.63, 3.8) is 0 Å². The third kappa shape index (κ3) is 2.76. The molecular weight excluding hydrogens is 224 g/mol. The molecule has 1 aromatic rings. The quantitative estimate of drug-likeness (QED) is 0.711. The van der Waals surface area contributed by atoms with Gasteiger partial charge in [-0.15, -0.1) is 0 Å². The number of hydrogen-bond acceptors (Lipinski definition) is 3. The van der Waals surface area contributed by atoms with Gasteiger partial charge in [0.15, 0.2) is 5.82 Å². The monoisotopic (exact) mass is 252 g/mol. The molecule has 0 N–H and O–H groups in total. The second-order valence-corrected chi connectivity index (χ2v) is 5.86. The van der Waals surface area contributed by atoms with Gasteiger partial charge in [-0.25, -0.2) is 0 Å².